The zero-order valence-corrected chi connectivity index (χ0v) is 14.2. The van der Waals surface area contributed by atoms with Crippen molar-refractivity contribution in [3.05, 3.63) is 0 Å². The van der Waals surface area contributed by atoms with E-state index in [9.17, 15) is 9.59 Å². The molecule has 0 bridgehead atoms. The summed E-state index contributed by atoms with van der Waals surface area (Å²) in [5, 5.41) is 0. The Bertz CT molecular complexity index is 285. The van der Waals surface area contributed by atoms with Crippen LogP contribution in [0.2, 0.25) is 0 Å². The minimum atomic E-state index is -0.320. The molecule has 1 unspecified atom stereocenters. The Labute approximate surface area is 129 Å². The number of hydrogen-bond donors (Lipinski definition) is 0. The number of esters is 2. The number of carbonyl (C=O) groups is 2. The van der Waals surface area contributed by atoms with E-state index in [0.717, 1.165) is 25.7 Å². The quantitative estimate of drug-likeness (QED) is 0.505. The predicted molar refractivity (Wildman–Crippen MR) is 84.0 cm³/mol. The second kappa shape index (κ2) is 12.7. The smallest absolute Gasteiger partial charge is 0.306 e. The van der Waals surface area contributed by atoms with Crippen molar-refractivity contribution in [1.82, 2.24) is 0 Å². The average molecular weight is 300 g/mol. The van der Waals surface area contributed by atoms with Crippen LogP contribution >= 0.6 is 0 Å². The molecule has 21 heavy (non-hydrogen) atoms. The second-order valence-corrected chi connectivity index (χ2v) is 5.50. The molecule has 0 aromatic rings. The Balaban J connectivity index is 3.95. The molecule has 0 aliphatic heterocycles. The molecule has 0 radical (unpaired) electrons. The van der Waals surface area contributed by atoms with Crippen molar-refractivity contribution in [2.45, 2.75) is 85.2 Å². The van der Waals surface area contributed by atoms with Gasteiger partial charge < -0.3 is 9.47 Å². The highest BCUT2D eigenvalue weighted by molar-refractivity contribution is 5.77. The summed E-state index contributed by atoms with van der Waals surface area (Å²) in [6.07, 6.45) is 6.17. The van der Waals surface area contributed by atoms with Crippen molar-refractivity contribution in [2.24, 2.45) is 5.92 Å². The minimum Gasteiger partial charge on any atom is -0.466 e. The van der Waals surface area contributed by atoms with E-state index < -0.39 is 0 Å². The summed E-state index contributed by atoms with van der Waals surface area (Å²) in [4.78, 5) is 23.1. The van der Waals surface area contributed by atoms with Crippen LogP contribution in [-0.2, 0) is 19.1 Å². The maximum Gasteiger partial charge on any atom is 0.306 e. The number of ether oxygens (including phenoxy) is 2. The third kappa shape index (κ3) is 10.3. The highest BCUT2D eigenvalue weighted by Crippen LogP contribution is 2.19. The molecule has 4 heteroatoms. The van der Waals surface area contributed by atoms with Gasteiger partial charge in [-0.2, -0.15) is 0 Å². The van der Waals surface area contributed by atoms with E-state index in [1.165, 1.54) is 12.8 Å². The molecule has 0 aromatic carbocycles. The maximum absolute atomic E-state index is 11.7. The molecular formula is C17H32O4. The number of carbonyl (C=O) groups excluding carboxylic acids is 2. The summed E-state index contributed by atoms with van der Waals surface area (Å²) in [7, 11) is 0. The standard InChI is InChI=1S/C17H32O4/c1-5-13-20-16(18)11-12-17(19)21-15(8-4)10-9-14(6-2)7-3/h14-15H,5-13H2,1-4H3. The van der Waals surface area contributed by atoms with Crippen LogP contribution < -0.4 is 0 Å². The van der Waals surface area contributed by atoms with Gasteiger partial charge in [0.25, 0.3) is 0 Å². The van der Waals surface area contributed by atoms with Crippen molar-refractivity contribution in [1.29, 1.82) is 0 Å². The van der Waals surface area contributed by atoms with Crippen molar-refractivity contribution < 1.29 is 19.1 Å². The lowest BCUT2D eigenvalue weighted by atomic mass is 9.95. The number of rotatable bonds is 12. The summed E-state index contributed by atoms with van der Waals surface area (Å²) >= 11 is 0. The Hall–Kier alpha value is -1.06. The summed E-state index contributed by atoms with van der Waals surface area (Å²) in [6.45, 7) is 8.78. The van der Waals surface area contributed by atoms with Crippen molar-refractivity contribution in [2.75, 3.05) is 6.61 Å². The van der Waals surface area contributed by atoms with Crippen LogP contribution in [0.5, 0.6) is 0 Å². The molecule has 0 saturated heterocycles. The van der Waals surface area contributed by atoms with Gasteiger partial charge in [-0.25, -0.2) is 0 Å². The van der Waals surface area contributed by atoms with Gasteiger partial charge in [0.05, 0.1) is 19.4 Å². The van der Waals surface area contributed by atoms with E-state index in [0.29, 0.717) is 12.5 Å². The largest absolute Gasteiger partial charge is 0.466 e. The van der Waals surface area contributed by atoms with E-state index in [1.54, 1.807) is 0 Å². The molecule has 1 atom stereocenters. The van der Waals surface area contributed by atoms with Gasteiger partial charge in [0.15, 0.2) is 0 Å². The van der Waals surface area contributed by atoms with E-state index in [4.69, 9.17) is 9.47 Å². The fourth-order valence-electron chi connectivity index (χ4n) is 2.20. The second-order valence-electron chi connectivity index (χ2n) is 5.50. The fourth-order valence-corrected chi connectivity index (χ4v) is 2.20. The highest BCUT2D eigenvalue weighted by atomic mass is 16.5. The lowest BCUT2D eigenvalue weighted by Gasteiger charge is -2.19. The van der Waals surface area contributed by atoms with Gasteiger partial charge in [0, 0.05) is 0 Å². The molecule has 0 rings (SSSR count). The van der Waals surface area contributed by atoms with Crippen LogP contribution in [0.25, 0.3) is 0 Å². The lowest BCUT2D eigenvalue weighted by Crippen LogP contribution is -2.19. The molecule has 4 nitrogen and oxygen atoms in total. The third-order valence-corrected chi connectivity index (χ3v) is 3.81. The van der Waals surface area contributed by atoms with Gasteiger partial charge in [-0.1, -0.05) is 40.5 Å². The first-order chi connectivity index (χ1) is 10.1. The normalized spacial score (nSPS) is 12.2. The molecule has 0 N–H and O–H groups in total. The Morgan fingerprint density at radius 1 is 0.857 bits per heavy atom. The summed E-state index contributed by atoms with van der Waals surface area (Å²) in [5.41, 5.74) is 0. The molecule has 0 aliphatic carbocycles. The van der Waals surface area contributed by atoms with Crippen LogP contribution in [0, 0.1) is 5.92 Å². The van der Waals surface area contributed by atoms with Gasteiger partial charge in [0.2, 0.25) is 0 Å². The average Bonchev–Trinajstić information content (AvgIpc) is 2.50. The molecule has 0 spiro atoms. The molecule has 0 aliphatic rings. The number of hydrogen-bond acceptors (Lipinski definition) is 4. The van der Waals surface area contributed by atoms with Crippen molar-refractivity contribution in [3.63, 3.8) is 0 Å². The molecule has 0 fully saturated rings. The molecule has 0 saturated carbocycles. The zero-order valence-electron chi connectivity index (χ0n) is 14.2. The van der Waals surface area contributed by atoms with Crippen molar-refractivity contribution in [3.8, 4) is 0 Å². The Kier molecular flexibility index (Phi) is 12.0. The lowest BCUT2D eigenvalue weighted by molar-refractivity contribution is -0.154. The Morgan fingerprint density at radius 3 is 2.00 bits per heavy atom. The van der Waals surface area contributed by atoms with Gasteiger partial charge in [-0.3, -0.25) is 9.59 Å². The van der Waals surface area contributed by atoms with Crippen LogP contribution in [-0.4, -0.2) is 24.6 Å². The van der Waals surface area contributed by atoms with Crippen LogP contribution in [0.3, 0.4) is 0 Å². The van der Waals surface area contributed by atoms with E-state index in [-0.39, 0.29) is 30.9 Å². The first-order valence-corrected chi connectivity index (χ1v) is 8.42. The van der Waals surface area contributed by atoms with Crippen LogP contribution in [0.15, 0.2) is 0 Å². The Morgan fingerprint density at radius 2 is 1.48 bits per heavy atom. The van der Waals surface area contributed by atoms with Gasteiger partial charge in [0.1, 0.15) is 6.10 Å². The van der Waals surface area contributed by atoms with E-state index in [2.05, 4.69) is 13.8 Å². The molecule has 124 valence electrons. The van der Waals surface area contributed by atoms with Gasteiger partial charge in [-0.15, -0.1) is 0 Å². The highest BCUT2D eigenvalue weighted by Gasteiger charge is 2.16. The molecule has 0 amide bonds. The first-order valence-electron chi connectivity index (χ1n) is 8.42. The minimum absolute atomic E-state index is 0.0234. The maximum atomic E-state index is 11.7. The summed E-state index contributed by atoms with van der Waals surface area (Å²) in [5.74, 6) is 0.0977. The topological polar surface area (TPSA) is 52.6 Å². The third-order valence-electron chi connectivity index (χ3n) is 3.81. The molecule has 0 heterocycles. The summed E-state index contributed by atoms with van der Waals surface area (Å²) in [6, 6.07) is 0. The summed E-state index contributed by atoms with van der Waals surface area (Å²) < 4.78 is 10.4. The first kappa shape index (κ1) is 19.9. The van der Waals surface area contributed by atoms with Gasteiger partial charge >= 0.3 is 11.9 Å². The predicted octanol–water partition coefficient (Wildman–Crippen LogP) is 4.26. The molecular weight excluding hydrogens is 268 g/mol. The molecule has 0 aromatic heterocycles. The van der Waals surface area contributed by atoms with Crippen molar-refractivity contribution >= 4 is 11.9 Å². The monoisotopic (exact) mass is 300 g/mol. The van der Waals surface area contributed by atoms with E-state index >= 15 is 0 Å². The fraction of sp³-hybridized carbons (Fsp3) is 0.882. The zero-order chi connectivity index (χ0) is 16.1. The van der Waals surface area contributed by atoms with E-state index in [1.807, 2.05) is 13.8 Å². The van der Waals surface area contributed by atoms with Gasteiger partial charge in [-0.05, 0) is 31.6 Å². The van der Waals surface area contributed by atoms with Crippen LogP contribution in [0.1, 0.15) is 79.1 Å². The van der Waals surface area contributed by atoms with Crippen LogP contribution in [0.4, 0.5) is 0 Å². The SMILES string of the molecule is CCCOC(=O)CCC(=O)OC(CC)CCC(CC)CC.